The molecule has 0 aromatic heterocycles. The van der Waals surface area contributed by atoms with Crippen molar-refractivity contribution in [1.82, 2.24) is 9.80 Å². The molecular formula is C24H30N2O3. The lowest BCUT2D eigenvalue weighted by Gasteiger charge is -2.48. The monoisotopic (exact) mass is 394 g/mol. The van der Waals surface area contributed by atoms with Gasteiger partial charge in [-0.3, -0.25) is 4.90 Å². The van der Waals surface area contributed by atoms with E-state index in [4.69, 9.17) is 4.74 Å². The van der Waals surface area contributed by atoms with E-state index in [1.807, 2.05) is 69.3 Å². The Labute approximate surface area is 173 Å². The van der Waals surface area contributed by atoms with Crippen LogP contribution >= 0.6 is 0 Å². The molecule has 1 aliphatic rings. The fourth-order valence-electron chi connectivity index (χ4n) is 3.77. The normalized spacial score (nSPS) is 20.3. The zero-order valence-electron chi connectivity index (χ0n) is 17.5. The average molecular weight is 395 g/mol. The summed E-state index contributed by atoms with van der Waals surface area (Å²) in [6.07, 6.45) is 1.19. The molecule has 2 aromatic rings. The summed E-state index contributed by atoms with van der Waals surface area (Å²) in [6.45, 7) is 7.68. The van der Waals surface area contributed by atoms with Gasteiger partial charge in [-0.25, -0.2) is 4.79 Å². The minimum Gasteiger partial charge on any atom is -0.444 e. The second-order valence-electron chi connectivity index (χ2n) is 8.69. The minimum absolute atomic E-state index is 0.313. The summed E-state index contributed by atoms with van der Waals surface area (Å²) in [5.74, 6) is 0. The van der Waals surface area contributed by atoms with Crippen LogP contribution in [0.1, 0.15) is 31.9 Å². The molecule has 0 saturated carbocycles. The lowest BCUT2D eigenvalue weighted by molar-refractivity contribution is -0.123. The van der Waals surface area contributed by atoms with E-state index >= 15 is 0 Å². The first-order valence-electron chi connectivity index (χ1n) is 10.1. The molecule has 0 aliphatic carbocycles. The lowest BCUT2D eigenvalue weighted by Crippen LogP contribution is -2.65. The van der Waals surface area contributed by atoms with Crippen LogP contribution in [-0.2, 0) is 22.5 Å². The number of hydrogen-bond donors (Lipinski definition) is 0. The summed E-state index contributed by atoms with van der Waals surface area (Å²) >= 11 is 0. The SMILES string of the molecule is CC(C)(C)OC(=O)N1CCN(Cc2ccccc2)C(C=O)(Cc2ccccc2)C1. The Hall–Kier alpha value is -2.66. The van der Waals surface area contributed by atoms with Gasteiger partial charge in [0.2, 0.25) is 0 Å². The smallest absolute Gasteiger partial charge is 0.410 e. The highest BCUT2D eigenvalue weighted by Crippen LogP contribution is 2.28. The Kier molecular flexibility index (Phi) is 6.38. The highest BCUT2D eigenvalue weighted by molar-refractivity contribution is 5.72. The Bertz CT molecular complexity index is 817. The van der Waals surface area contributed by atoms with Crippen LogP contribution in [0.4, 0.5) is 4.79 Å². The van der Waals surface area contributed by atoms with Gasteiger partial charge >= 0.3 is 6.09 Å². The number of aldehydes is 1. The molecule has 1 amide bonds. The van der Waals surface area contributed by atoms with Gasteiger partial charge in [-0.2, -0.15) is 0 Å². The van der Waals surface area contributed by atoms with E-state index in [0.717, 1.165) is 17.4 Å². The van der Waals surface area contributed by atoms with Crippen molar-refractivity contribution in [2.75, 3.05) is 19.6 Å². The highest BCUT2D eigenvalue weighted by Gasteiger charge is 2.44. The zero-order chi connectivity index (χ0) is 20.9. The van der Waals surface area contributed by atoms with E-state index in [1.54, 1.807) is 4.90 Å². The van der Waals surface area contributed by atoms with Gasteiger partial charge in [-0.1, -0.05) is 60.7 Å². The van der Waals surface area contributed by atoms with Crippen molar-refractivity contribution < 1.29 is 14.3 Å². The van der Waals surface area contributed by atoms with Crippen LogP contribution in [0.2, 0.25) is 0 Å². The molecular weight excluding hydrogens is 364 g/mol. The number of carbonyl (C=O) groups excluding carboxylic acids is 2. The quantitative estimate of drug-likeness (QED) is 0.722. The number of benzene rings is 2. The Balaban J connectivity index is 1.87. The van der Waals surface area contributed by atoms with E-state index in [1.165, 1.54) is 0 Å². The summed E-state index contributed by atoms with van der Waals surface area (Å²) in [4.78, 5) is 29.1. The maximum atomic E-state index is 12.7. The van der Waals surface area contributed by atoms with E-state index in [-0.39, 0.29) is 6.09 Å². The first-order chi connectivity index (χ1) is 13.8. The van der Waals surface area contributed by atoms with Crippen LogP contribution in [0.25, 0.3) is 0 Å². The van der Waals surface area contributed by atoms with E-state index in [0.29, 0.717) is 32.6 Å². The fourth-order valence-corrected chi connectivity index (χ4v) is 3.77. The highest BCUT2D eigenvalue weighted by atomic mass is 16.6. The largest absolute Gasteiger partial charge is 0.444 e. The number of piperazine rings is 1. The van der Waals surface area contributed by atoms with Gasteiger partial charge in [0.15, 0.2) is 0 Å². The van der Waals surface area contributed by atoms with Crippen LogP contribution < -0.4 is 0 Å². The number of nitrogens with zero attached hydrogens (tertiary/aromatic N) is 2. The predicted molar refractivity (Wildman–Crippen MR) is 114 cm³/mol. The van der Waals surface area contributed by atoms with Crippen LogP contribution in [-0.4, -0.2) is 53.0 Å². The molecule has 5 heteroatoms. The van der Waals surface area contributed by atoms with Crippen LogP contribution in [0.5, 0.6) is 0 Å². The lowest BCUT2D eigenvalue weighted by atomic mass is 9.87. The number of carbonyl (C=O) groups is 2. The molecule has 1 fully saturated rings. The van der Waals surface area contributed by atoms with E-state index in [2.05, 4.69) is 17.0 Å². The zero-order valence-corrected chi connectivity index (χ0v) is 17.5. The molecule has 1 unspecified atom stereocenters. The maximum absolute atomic E-state index is 12.7. The Morgan fingerprint density at radius 2 is 1.59 bits per heavy atom. The van der Waals surface area contributed by atoms with Crippen LogP contribution in [0.3, 0.4) is 0 Å². The molecule has 0 bridgehead atoms. The van der Waals surface area contributed by atoms with Gasteiger partial charge in [-0.05, 0) is 38.3 Å². The van der Waals surface area contributed by atoms with Crippen LogP contribution in [0, 0.1) is 0 Å². The third kappa shape index (κ3) is 5.45. The van der Waals surface area contributed by atoms with Gasteiger partial charge in [-0.15, -0.1) is 0 Å². The third-order valence-electron chi connectivity index (χ3n) is 5.17. The van der Waals surface area contributed by atoms with Gasteiger partial charge in [0.1, 0.15) is 11.9 Å². The first kappa shape index (κ1) is 21.1. The average Bonchev–Trinajstić information content (AvgIpc) is 2.69. The standard InChI is InChI=1S/C24H30N2O3/c1-23(2,3)29-22(28)25-14-15-26(17-21-12-8-5-9-13-21)24(18-25,19-27)16-20-10-6-4-7-11-20/h4-13,19H,14-18H2,1-3H3. The summed E-state index contributed by atoms with van der Waals surface area (Å²) in [7, 11) is 0. The summed E-state index contributed by atoms with van der Waals surface area (Å²) in [5.41, 5.74) is 0.856. The Morgan fingerprint density at radius 3 is 2.14 bits per heavy atom. The summed E-state index contributed by atoms with van der Waals surface area (Å²) in [5, 5.41) is 0. The number of ether oxygens (including phenoxy) is 1. The van der Waals surface area contributed by atoms with Crippen molar-refractivity contribution in [1.29, 1.82) is 0 Å². The van der Waals surface area contributed by atoms with Crippen molar-refractivity contribution in [3.8, 4) is 0 Å². The minimum atomic E-state index is -0.799. The molecule has 2 aromatic carbocycles. The third-order valence-corrected chi connectivity index (χ3v) is 5.17. The molecule has 1 saturated heterocycles. The van der Waals surface area contributed by atoms with Gasteiger partial charge < -0.3 is 14.4 Å². The Morgan fingerprint density at radius 1 is 1.00 bits per heavy atom. The van der Waals surface area contributed by atoms with E-state index < -0.39 is 11.1 Å². The summed E-state index contributed by atoms with van der Waals surface area (Å²) < 4.78 is 5.57. The second kappa shape index (κ2) is 8.78. The second-order valence-corrected chi connectivity index (χ2v) is 8.69. The van der Waals surface area contributed by atoms with Crippen molar-refractivity contribution in [3.05, 3.63) is 71.8 Å². The molecule has 3 rings (SSSR count). The van der Waals surface area contributed by atoms with Crippen molar-refractivity contribution in [2.45, 2.75) is 44.9 Å². The molecule has 0 spiro atoms. The molecule has 29 heavy (non-hydrogen) atoms. The number of amides is 1. The first-order valence-corrected chi connectivity index (χ1v) is 10.1. The molecule has 0 N–H and O–H groups in total. The van der Waals surface area contributed by atoms with Gasteiger partial charge in [0, 0.05) is 26.2 Å². The molecule has 1 heterocycles. The van der Waals surface area contributed by atoms with E-state index in [9.17, 15) is 9.59 Å². The topological polar surface area (TPSA) is 49.9 Å². The van der Waals surface area contributed by atoms with Gasteiger partial charge in [0.05, 0.1) is 5.54 Å². The number of rotatable bonds is 5. The molecule has 5 nitrogen and oxygen atoms in total. The maximum Gasteiger partial charge on any atom is 0.410 e. The van der Waals surface area contributed by atoms with Crippen molar-refractivity contribution >= 4 is 12.4 Å². The van der Waals surface area contributed by atoms with Crippen molar-refractivity contribution in [2.24, 2.45) is 0 Å². The fraction of sp³-hybridized carbons (Fsp3) is 0.417. The molecule has 1 aliphatic heterocycles. The number of hydrogen-bond acceptors (Lipinski definition) is 4. The molecule has 1 atom stereocenters. The molecule has 154 valence electrons. The summed E-state index contributed by atoms with van der Waals surface area (Å²) in [6, 6.07) is 20.1. The van der Waals surface area contributed by atoms with Crippen LogP contribution in [0.15, 0.2) is 60.7 Å². The van der Waals surface area contributed by atoms with Crippen molar-refractivity contribution in [3.63, 3.8) is 0 Å². The molecule has 0 radical (unpaired) electrons. The predicted octanol–water partition coefficient (Wildman–Crippen LogP) is 3.92. The van der Waals surface area contributed by atoms with Gasteiger partial charge in [0.25, 0.3) is 0 Å².